The van der Waals surface area contributed by atoms with Gasteiger partial charge in [-0.05, 0) is 6.92 Å². The van der Waals surface area contributed by atoms with Gasteiger partial charge in [0, 0.05) is 26.2 Å². The van der Waals surface area contributed by atoms with Crippen molar-refractivity contribution in [2.75, 3.05) is 39.4 Å². The largest absolute Gasteiger partial charge is 0.379 e. The molecule has 0 aromatic heterocycles. The lowest BCUT2D eigenvalue weighted by molar-refractivity contribution is 0.0383. The zero-order valence-corrected chi connectivity index (χ0v) is 8.12. The van der Waals surface area contributed by atoms with Crippen LogP contribution in [0.3, 0.4) is 0 Å². The van der Waals surface area contributed by atoms with Crippen molar-refractivity contribution in [2.24, 2.45) is 0 Å². The summed E-state index contributed by atoms with van der Waals surface area (Å²) in [5.74, 6) is 0. The van der Waals surface area contributed by atoms with E-state index in [1.807, 2.05) is 6.92 Å². The number of nitriles is 1. The second-order valence-corrected chi connectivity index (χ2v) is 3.26. The molecule has 0 aliphatic carbocycles. The van der Waals surface area contributed by atoms with E-state index in [1.165, 1.54) is 0 Å². The first kappa shape index (κ1) is 10.5. The monoisotopic (exact) mass is 183 g/mol. The van der Waals surface area contributed by atoms with Crippen LogP contribution in [-0.4, -0.2) is 50.3 Å². The first-order valence-corrected chi connectivity index (χ1v) is 4.76. The highest BCUT2D eigenvalue weighted by Crippen LogP contribution is 1.94. The second-order valence-electron chi connectivity index (χ2n) is 3.26. The van der Waals surface area contributed by atoms with Gasteiger partial charge in [0.25, 0.3) is 0 Å². The van der Waals surface area contributed by atoms with Crippen LogP contribution in [0.4, 0.5) is 0 Å². The minimum atomic E-state index is -0.0407. The Morgan fingerprint density at radius 1 is 1.54 bits per heavy atom. The summed E-state index contributed by atoms with van der Waals surface area (Å²) in [5.41, 5.74) is 0. The molecular weight excluding hydrogens is 166 g/mol. The topological polar surface area (TPSA) is 48.3 Å². The number of nitrogens with zero attached hydrogens (tertiary/aromatic N) is 2. The summed E-state index contributed by atoms with van der Waals surface area (Å²) in [6, 6.07) is 2.11. The second kappa shape index (κ2) is 5.92. The Kier molecular flexibility index (Phi) is 4.76. The lowest BCUT2D eigenvalue weighted by Crippen LogP contribution is -2.41. The molecule has 0 radical (unpaired) electrons. The molecule has 0 spiro atoms. The van der Waals surface area contributed by atoms with Gasteiger partial charge in [-0.2, -0.15) is 5.26 Å². The molecule has 0 aromatic rings. The lowest BCUT2D eigenvalue weighted by Gasteiger charge is -2.26. The zero-order valence-electron chi connectivity index (χ0n) is 8.12. The Labute approximate surface area is 79.5 Å². The Morgan fingerprint density at radius 2 is 2.23 bits per heavy atom. The zero-order chi connectivity index (χ0) is 9.52. The Bertz CT molecular complexity index is 172. The van der Waals surface area contributed by atoms with Gasteiger partial charge in [0.2, 0.25) is 0 Å². The van der Waals surface area contributed by atoms with Crippen LogP contribution in [0.15, 0.2) is 0 Å². The predicted octanol–water partition coefficient (Wildman–Crippen LogP) is -0.180. The molecule has 1 unspecified atom stereocenters. The smallest absolute Gasteiger partial charge is 0.0924 e. The molecule has 1 heterocycles. The number of rotatable bonds is 4. The molecule has 0 saturated carbocycles. The normalized spacial score (nSPS) is 20.9. The van der Waals surface area contributed by atoms with Gasteiger partial charge in [-0.3, -0.25) is 4.90 Å². The predicted molar refractivity (Wildman–Crippen MR) is 50.3 cm³/mol. The quantitative estimate of drug-likeness (QED) is 0.657. The van der Waals surface area contributed by atoms with Gasteiger partial charge in [-0.15, -0.1) is 0 Å². The summed E-state index contributed by atoms with van der Waals surface area (Å²) in [4.78, 5) is 2.35. The van der Waals surface area contributed by atoms with Crippen LogP contribution >= 0.6 is 0 Å². The third kappa shape index (κ3) is 4.23. The summed E-state index contributed by atoms with van der Waals surface area (Å²) in [6.45, 7) is 7.48. The molecule has 0 amide bonds. The fourth-order valence-electron chi connectivity index (χ4n) is 1.31. The van der Waals surface area contributed by atoms with Crippen LogP contribution in [0.25, 0.3) is 0 Å². The fourth-order valence-corrected chi connectivity index (χ4v) is 1.31. The first-order chi connectivity index (χ1) is 6.33. The van der Waals surface area contributed by atoms with E-state index in [-0.39, 0.29) is 6.04 Å². The van der Waals surface area contributed by atoms with Gasteiger partial charge in [0.1, 0.15) is 0 Å². The molecule has 4 heteroatoms. The highest BCUT2D eigenvalue weighted by molar-refractivity contribution is 4.85. The van der Waals surface area contributed by atoms with E-state index in [9.17, 15) is 0 Å². The Hall–Kier alpha value is -0.630. The molecule has 1 atom stereocenters. The van der Waals surface area contributed by atoms with Crippen molar-refractivity contribution in [3.63, 3.8) is 0 Å². The summed E-state index contributed by atoms with van der Waals surface area (Å²) >= 11 is 0. The molecule has 1 fully saturated rings. The summed E-state index contributed by atoms with van der Waals surface area (Å²) < 4.78 is 5.23. The third-order valence-corrected chi connectivity index (χ3v) is 2.18. The van der Waals surface area contributed by atoms with Gasteiger partial charge >= 0.3 is 0 Å². The molecule has 0 aromatic carbocycles. The molecule has 1 aliphatic rings. The third-order valence-electron chi connectivity index (χ3n) is 2.18. The van der Waals surface area contributed by atoms with Crippen molar-refractivity contribution in [2.45, 2.75) is 13.0 Å². The Morgan fingerprint density at radius 3 is 2.85 bits per heavy atom. The summed E-state index contributed by atoms with van der Waals surface area (Å²) in [5, 5.41) is 11.7. The molecular formula is C9H17N3O. The highest BCUT2D eigenvalue weighted by atomic mass is 16.5. The first-order valence-electron chi connectivity index (χ1n) is 4.76. The van der Waals surface area contributed by atoms with Gasteiger partial charge in [-0.1, -0.05) is 0 Å². The molecule has 0 bridgehead atoms. The van der Waals surface area contributed by atoms with E-state index in [1.54, 1.807) is 0 Å². The van der Waals surface area contributed by atoms with Crippen molar-refractivity contribution in [1.29, 1.82) is 5.26 Å². The van der Waals surface area contributed by atoms with Gasteiger partial charge in [-0.25, -0.2) is 0 Å². The summed E-state index contributed by atoms with van der Waals surface area (Å²) in [6.07, 6.45) is 0. The van der Waals surface area contributed by atoms with Crippen LogP contribution in [0.2, 0.25) is 0 Å². The van der Waals surface area contributed by atoms with Gasteiger partial charge < -0.3 is 10.1 Å². The van der Waals surface area contributed by atoms with E-state index in [0.717, 1.165) is 39.4 Å². The standard InChI is InChI=1S/C9H17N3O/c1-9(8-10)11-2-3-12-4-6-13-7-5-12/h9,11H,2-7H2,1H3. The molecule has 1 saturated heterocycles. The minimum absolute atomic E-state index is 0.0407. The number of hydrogen-bond acceptors (Lipinski definition) is 4. The number of nitrogens with one attached hydrogen (secondary N) is 1. The summed E-state index contributed by atoms with van der Waals surface area (Å²) in [7, 11) is 0. The van der Waals surface area contributed by atoms with Crippen molar-refractivity contribution in [1.82, 2.24) is 10.2 Å². The highest BCUT2D eigenvalue weighted by Gasteiger charge is 2.09. The van der Waals surface area contributed by atoms with E-state index < -0.39 is 0 Å². The van der Waals surface area contributed by atoms with E-state index in [2.05, 4.69) is 16.3 Å². The molecule has 1 aliphatic heterocycles. The van der Waals surface area contributed by atoms with E-state index in [4.69, 9.17) is 10.00 Å². The number of ether oxygens (including phenoxy) is 1. The molecule has 1 rings (SSSR count). The number of hydrogen-bond donors (Lipinski definition) is 1. The average Bonchev–Trinajstić information content (AvgIpc) is 2.19. The maximum absolute atomic E-state index is 8.53. The van der Waals surface area contributed by atoms with Gasteiger partial charge in [0.15, 0.2) is 0 Å². The van der Waals surface area contributed by atoms with E-state index in [0.29, 0.717) is 0 Å². The molecule has 4 nitrogen and oxygen atoms in total. The van der Waals surface area contributed by atoms with Crippen molar-refractivity contribution >= 4 is 0 Å². The Balaban J connectivity index is 2.02. The molecule has 13 heavy (non-hydrogen) atoms. The number of morpholine rings is 1. The van der Waals surface area contributed by atoms with Crippen LogP contribution in [0.5, 0.6) is 0 Å². The van der Waals surface area contributed by atoms with Crippen LogP contribution in [-0.2, 0) is 4.74 Å². The van der Waals surface area contributed by atoms with Crippen molar-refractivity contribution in [3.8, 4) is 6.07 Å². The maximum atomic E-state index is 8.53. The minimum Gasteiger partial charge on any atom is -0.379 e. The van der Waals surface area contributed by atoms with Crippen LogP contribution in [0, 0.1) is 11.3 Å². The SMILES string of the molecule is CC(C#N)NCCN1CCOCC1. The molecule has 74 valence electrons. The van der Waals surface area contributed by atoms with Crippen molar-refractivity contribution in [3.05, 3.63) is 0 Å². The van der Waals surface area contributed by atoms with Crippen LogP contribution < -0.4 is 5.32 Å². The molecule has 1 N–H and O–H groups in total. The maximum Gasteiger partial charge on any atom is 0.0924 e. The van der Waals surface area contributed by atoms with Gasteiger partial charge in [0.05, 0.1) is 25.3 Å². The van der Waals surface area contributed by atoms with Crippen LogP contribution in [0.1, 0.15) is 6.92 Å². The average molecular weight is 183 g/mol. The fraction of sp³-hybridized carbons (Fsp3) is 0.889. The van der Waals surface area contributed by atoms with Crippen molar-refractivity contribution < 1.29 is 4.74 Å². The lowest BCUT2D eigenvalue weighted by atomic mass is 10.3. The van der Waals surface area contributed by atoms with E-state index >= 15 is 0 Å².